The summed E-state index contributed by atoms with van der Waals surface area (Å²) in [6.45, 7) is 0. The highest BCUT2D eigenvalue weighted by molar-refractivity contribution is 6.34. The summed E-state index contributed by atoms with van der Waals surface area (Å²) >= 11 is 5.93. The van der Waals surface area contributed by atoms with E-state index in [1.807, 2.05) is 0 Å². The van der Waals surface area contributed by atoms with Crippen molar-refractivity contribution in [2.24, 2.45) is 0 Å². The molecule has 142 valence electrons. The van der Waals surface area contributed by atoms with Gasteiger partial charge in [0.05, 0.1) is 28.3 Å². The number of methoxy groups -OCH3 is 1. The van der Waals surface area contributed by atoms with E-state index in [2.05, 4.69) is 15.4 Å². The molecule has 0 saturated heterocycles. The molecule has 0 saturated carbocycles. The highest BCUT2D eigenvalue weighted by atomic mass is 35.5. The number of carbonyl (C=O) groups is 2. The number of non-ortho nitro benzene ring substituents is 1. The fourth-order valence-corrected chi connectivity index (χ4v) is 2.23. The summed E-state index contributed by atoms with van der Waals surface area (Å²) in [6, 6.07) is 11.5. The molecular formula is C18H13ClN4O5. The zero-order valence-corrected chi connectivity index (χ0v) is 15.2. The number of ether oxygens (including phenoxy) is 1. The molecule has 0 radical (unpaired) electrons. The van der Waals surface area contributed by atoms with Crippen molar-refractivity contribution in [1.82, 2.24) is 0 Å². The number of nitro groups is 1. The van der Waals surface area contributed by atoms with Crippen LogP contribution in [0.3, 0.4) is 0 Å². The first-order valence-electron chi connectivity index (χ1n) is 7.66. The molecule has 0 aromatic heterocycles. The quantitative estimate of drug-likeness (QED) is 0.249. The van der Waals surface area contributed by atoms with Gasteiger partial charge in [-0.15, -0.1) is 0 Å². The van der Waals surface area contributed by atoms with Crippen LogP contribution in [0, 0.1) is 21.4 Å². The Morgan fingerprint density at radius 2 is 2.04 bits per heavy atom. The van der Waals surface area contributed by atoms with E-state index in [-0.39, 0.29) is 27.5 Å². The van der Waals surface area contributed by atoms with Crippen molar-refractivity contribution in [2.45, 2.75) is 0 Å². The smallest absolute Gasteiger partial charge is 0.337 e. The van der Waals surface area contributed by atoms with E-state index in [0.29, 0.717) is 5.69 Å². The molecule has 2 aromatic rings. The Bertz CT molecular complexity index is 1010. The molecule has 0 aliphatic rings. The Hall–Kier alpha value is -3.90. The molecule has 0 spiro atoms. The van der Waals surface area contributed by atoms with Crippen LogP contribution in [0.5, 0.6) is 0 Å². The standard InChI is InChI=1S/C18H13ClN4O5/c1-28-18(25)11-3-2-4-13(7-11)21-10-12(9-20)17(24)22-16-8-14(23(26)27)5-6-15(16)19/h2-8,10,21H,1H3,(H,22,24)/b12-10-. The second-order valence-electron chi connectivity index (χ2n) is 5.26. The van der Waals surface area contributed by atoms with E-state index in [1.54, 1.807) is 24.3 Å². The van der Waals surface area contributed by atoms with Gasteiger partial charge in [0.2, 0.25) is 0 Å². The maximum Gasteiger partial charge on any atom is 0.337 e. The second-order valence-corrected chi connectivity index (χ2v) is 5.67. The Labute approximate surface area is 164 Å². The number of hydrogen-bond donors (Lipinski definition) is 2. The van der Waals surface area contributed by atoms with Crippen LogP contribution in [-0.4, -0.2) is 23.9 Å². The van der Waals surface area contributed by atoms with E-state index in [0.717, 1.165) is 12.3 Å². The summed E-state index contributed by atoms with van der Waals surface area (Å²) in [5.74, 6) is -1.35. The lowest BCUT2D eigenvalue weighted by atomic mass is 10.2. The van der Waals surface area contributed by atoms with Gasteiger partial charge in [0.1, 0.15) is 11.6 Å². The number of rotatable bonds is 6. The highest BCUT2D eigenvalue weighted by Crippen LogP contribution is 2.27. The summed E-state index contributed by atoms with van der Waals surface area (Å²) in [6.07, 6.45) is 1.14. The lowest BCUT2D eigenvalue weighted by molar-refractivity contribution is -0.384. The molecule has 0 fully saturated rings. The molecule has 10 heteroatoms. The minimum Gasteiger partial charge on any atom is -0.465 e. The van der Waals surface area contributed by atoms with Gasteiger partial charge >= 0.3 is 5.97 Å². The second kappa shape index (κ2) is 9.16. The number of esters is 1. The van der Waals surface area contributed by atoms with Crippen molar-refractivity contribution >= 4 is 40.5 Å². The predicted molar refractivity (Wildman–Crippen MR) is 102 cm³/mol. The summed E-state index contributed by atoms with van der Waals surface area (Å²) < 4.78 is 4.62. The van der Waals surface area contributed by atoms with Crippen molar-refractivity contribution < 1.29 is 19.2 Å². The number of hydrogen-bond acceptors (Lipinski definition) is 7. The van der Waals surface area contributed by atoms with E-state index in [9.17, 15) is 25.0 Å². The Kier molecular flexibility index (Phi) is 6.68. The average molecular weight is 401 g/mol. The Balaban J connectivity index is 2.18. The summed E-state index contributed by atoms with van der Waals surface area (Å²) in [5, 5.41) is 25.2. The molecule has 2 aromatic carbocycles. The summed E-state index contributed by atoms with van der Waals surface area (Å²) in [4.78, 5) is 34.0. The monoisotopic (exact) mass is 400 g/mol. The van der Waals surface area contributed by atoms with Crippen LogP contribution >= 0.6 is 11.6 Å². The van der Waals surface area contributed by atoms with Gasteiger partial charge in [-0.25, -0.2) is 4.79 Å². The lowest BCUT2D eigenvalue weighted by Crippen LogP contribution is -2.15. The van der Waals surface area contributed by atoms with Crippen LogP contribution in [-0.2, 0) is 9.53 Å². The Morgan fingerprint density at radius 1 is 1.29 bits per heavy atom. The largest absolute Gasteiger partial charge is 0.465 e. The van der Waals surface area contributed by atoms with Crippen molar-refractivity contribution in [1.29, 1.82) is 5.26 Å². The fraction of sp³-hybridized carbons (Fsp3) is 0.0556. The third-order valence-corrected chi connectivity index (χ3v) is 3.77. The first kappa shape index (κ1) is 20.4. The number of nitriles is 1. The molecule has 0 heterocycles. The predicted octanol–water partition coefficient (Wildman–Crippen LogP) is 3.49. The SMILES string of the molecule is COC(=O)c1cccc(N/C=C(/C#N)C(=O)Nc2cc([N+](=O)[O-])ccc2Cl)c1. The molecule has 28 heavy (non-hydrogen) atoms. The third-order valence-electron chi connectivity index (χ3n) is 3.44. The summed E-state index contributed by atoms with van der Waals surface area (Å²) in [7, 11) is 1.25. The highest BCUT2D eigenvalue weighted by Gasteiger charge is 2.15. The van der Waals surface area contributed by atoms with E-state index < -0.39 is 16.8 Å². The van der Waals surface area contributed by atoms with Crippen molar-refractivity contribution in [3.8, 4) is 6.07 Å². The average Bonchev–Trinajstić information content (AvgIpc) is 2.69. The number of nitrogens with zero attached hydrogens (tertiary/aromatic N) is 2. The fourth-order valence-electron chi connectivity index (χ4n) is 2.07. The van der Waals surface area contributed by atoms with Gasteiger partial charge in [0.15, 0.2) is 0 Å². The van der Waals surface area contributed by atoms with Gasteiger partial charge < -0.3 is 15.4 Å². The molecule has 0 aliphatic heterocycles. The van der Waals surface area contributed by atoms with E-state index in [1.165, 1.54) is 25.3 Å². The van der Waals surface area contributed by atoms with Crippen molar-refractivity contribution in [2.75, 3.05) is 17.7 Å². The van der Waals surface area contributed by atoms with Crippen LogP contribution in [0.15, 0.2) is 54.2 Å². The third kappa shape index (κ3) is 5.06. The topological polar surface area (TPSA) is 134 Å². The molecule has 1 amide bonds. The number of carbonyl (C=O) groups excluding carboxylic acids is 2. The molecule has 0 aliphatic carbocycles. The molecule has 9 nitrogen and oxygen atoms in total. The van der Waals surface area contributed by atoms with Crippen LogP contribution in [0.4, 0.5) is 17.1 Å². The van der Waals surface area contributed by atoms with Crippen LogP contribution in [0.2, 0.25) is 5.02 Å². The summed E-state index contributed by atoms with van der Waals surface area (Å²) in [5.41, 5.74) is 0.143. The van der Waals surface area contributed by atoms with Gasteiger partial charge in [0, 0.05) is 24.0 Å². The zero-order chi connectivity index (χ0) is 20.7. The maximum atomic E-state index is 12.3. The lowest BCUT2D eigenvalue weighted by Gasteiger charge is -2.07. The molecule has 0 unspecified atom stereocenters. The number of nitrogens with one attached hydrogen (secondary N) is 2. The van der Waals surface area contributed by atoms with Crippen molar-refractivity contribution in [3.05, 3.63) is 74.9 Å². The maximum absolute atomic E-state index is 12.3. The van der Waals surface area contributed by atoms with Gasteiger partial charge in [-0.1, -0.05) is 17.7 Å². The number of benzene rings is 2. The van der Waals surface area contributed by atoms with Gasteiger partial charge in [-0.05, 0) is 24.3 Å². The number of halogens is 1. The minimum atomic E-state index is -0.818. The molecule has 2 N–H and O–H groups in total. The number of anilines is 2. The van der Waals surface area contributed by atoms with Gasteiger partial charge in [0.25, 0.3) is 11.6 Å². The van der Waals surface area contributed by atoms with Crippen LogP contribution < -0.4 is 10.6 Å². The van der Waals surface area contributed by atoms with Crippen LogP contribution in [0.25, 0.3) is 0 Å². The normalized spacial score (nSPS) is 10.5. The zero-order valence-electron chi connectivity index (χ0n) is 14.4. The number of amides is 1. The molecule has 0 bridgehead atoms. The minimum absolute atomic E-state index is 0.00490. The van der Waals surface area contributed by atoms with E-state index in [4.69, 9.17) is 11.6 Å². The van der Waals surface area contributed by atoms with E-state index >= 15 is 0 Å². The van der Waals surface area contributed by atoms with Gasteiger partial charge in [-0.2, -0.15) is 5.26 Å². The number of nitro benzene ring substituents is 1. The van der Waals surface area contributed by atoms with Crippen LogP contribution in [0.1, 0.15) is 10.4 Å². The molecule has 2 rings (SSSR count). The molecular weight excluding hydrogens is 388 g/mol. The first-order chi connectivity index (χ1) is 13.3. The van der Waals surface area contributed by atoms with Crippen molar-refractivity contribution in [3.63, 3.8) is 0 Å². The first-order valence-corrected chi connectivity index (χ1v) is 8.04. The van der Waals surface area contributed by atoms with Gasteiger partial charge in [-0.3, -0.25) is 14.9 Å². The Morgan fingerprint density at radius 3 is 2.68 bits per heavy atom. The molecule has 0 atom stereocenters.